The van der Waals surface area contributed by atoms with Crippen LogP contribution in [0.2, 0.25) is 0 Å². The fourth-order valence-electron chi connectivity index (χ4n) is 1.89. The van der Waals surface area contributed by atoms with E-state index >= 15 is 0 Å². The quantitative estimate of drug-likeness (QED) is 0.741. The first-order valence-corrected chi connectivity index (χ1v) is 7.05. The molecule has 0 aliphatic carbocycles. The Balaban J connectivity index is 1.60. The molecular formula is C14H15N7O3. The summed E-state index contributed by atoms with van der Waals surface area (Å²) in [5.41, 5.74) is 1.24. The number of para-hydroxylation sites is 2. The van der Waals surface area contributed by atoms with E-state index in [1.807, 2.05) is 12.1 Å². The molecule has 24 heavy (non-hydrogen) atoms. The molecule has 0 saturated carbocycles. The van der Waals surface area contributed by atoms with Crippen LogP contribution in [-0.2, 0) is 11.3 Å². The number of benzene rings is 1. The van der Waals surface area contributed by atoms with E-state index < -0.39 is 0 Å². The topological polar surface area (TPSA) is 118 Å². The highest BCUT2D eigenvalue weighted by Crippen LogP contribution is 2.17. The number of urea groups is 1. The number of nitrogens with zero attached hydrogens (tertiary/aromatic N) is 5. The summed E-state index contributed by atoms with van der Waals surface area (Å²) in [6, 6.07) is 6.97. The molecule has 3 rings (SSSR count). The van der Waals surface area contributed by atoms with Crippen LogP contribution in [0, 0.1) is 0 Å². The van der Waals surface area contributed by atoms with Crippen LogP contribution >= 0.6 is 0 Å². The summed E-state index contributed by atoms with van der Waals surface area (Å²) in [4.78, 5) is 29.0. The average molecular weight is 329 g/mol. The fourth-order valence-corrected chi connectivity index (χ4v) is 1.89. The molecular weight excluding hydrogens is 314 g/mol. The van der Waals surface area contributed by atoms with E-state index in [0.717, 1.165) is 0 Å². The van der Waals surface area contributed by atoms with E-state index in [2.05, 4.69) is 25.9 Å². The van der Waals surface area contributed by atoms with Crippen molar-refractivity contribution in [1.82, 2.24) is 24.9 Å². The second-order valence-electron chi connectivity index (χ2n) is 5.16. The van der Waals surface area contributed by atoms with Crippen LogP contribution < -0.4 is 10.6 Å². The second kappa shape index (κ2) is 6.36. The molecule has 0 radical (unpaired) electrons. The summed E-state index contributed by atoms with van der Waals surface area (Å²) in [5, 5.41) is 12.6. The number of amides is 3. The first-order chi connectivity index (χ1) is 11.5. The van der Waals surface area contributed by atoms with Crippen molar-refractivity contribution in [3.05, 3.63) is 30.5 Å². The van der Waals surface area contributed by atoms with E-state index in [0.29, 0.717) is 11.1 Å². The third kappa shape index (κ3) is 3.48. The third-order valence-electron chi connectivity index (χ3n) is 3.03. The van der Waals surface area contributed by atoms with Crippen LogP contribution in [0.1, 0.15) is 0 Å². The number of nitrogens with one attached hydrogen (secondary N) is 2. The highest BCUT2D eigenvalue weighted by atomic mass is 16.4. The largest absolute Gasteiger partial charge is 0.423 e. The molecule has 0 aliphatic rings. The van der Waals surface area contributed by atoms with Crippen molar-refractivity contribution in [2.24, 2.45) is 0 Å². The molecule has 3 aromatic rings. The third-order valence-corrected chi connectivity index (χ3v) is 3.03. The van der Waals surface area contributed by atoms with Gasteiger partial charge in [-0.25, -0.2) is 9.48 Å². The normalized spacial score (nSPS) is 10.6. The Morgan fingerprint density at radius 2 is 2.04 bits per heavy atom. The summed E-state index contributed by atoms with van der Waals surface area (Å²) in [5.74, 6) is -0.125. The van der Waals surface area contributed by atoms with Gasteiger partial charge in [-0.2, -0.15) is 4.98 Å². The molecule has 2 N–H and O–H groups in total. The lowest BCUT2D eigenvalue weighted by Crippen LogP contribution is -2.27. The van der Waals surface area contributed by atoms with Crippen molar-refractivity contribution < 1.29 is 14.0 Å². The van der Waals surface area contributed by atoms with Crippen molar-refractivity contribution in [3.8, 4) is 0 Å². The lowest BCUT2D eigenvalue weighted by molar-refractivity contribution is -0.117. The summed E-state index contributed by atoms with van der Waals surface area (Å²) < 4.78 is 6.70. The Labute approximate surface area is 136 Å². The van der Waals surface area contributed by atoms with Crippen LogP contribution in [0.5, 0.6) is 0 Å². The molecule has 0 saturated heterocycles. The van der Waals surface area contributed by atoms with Crippen molar-refractivity contribution in [1.29, 1.82) is 0 Å². The van der Waals surface area contributed by atoms with E-state index in [1.54, 1.807) is 26.2 Å². The second-order valence-corrected chi connectivity index (χ2v) is 5.16. The van der Waals surface area contributed by atoms with Crippen LogP contribution in [-0.4, -0.2) is 50.9 Å². The van der Waals surface area contributed by atoms with Gasteiger partial charge in [0.05, 0.1) is 6.20 Å². The maximum absolute atomic E-state index is 12.0. The predicted molar refractivity (Wildman–Crippen MR) is 85.4 cm³/mol. The van der Waals surface area contributed by atoms with E-state index in [1.165, 1.54) is 15.8 Å². The van der Waals surface area contributed by atoms with Crippen molar-refractivity contribution in [2.75, 3.05) is 24.7 Å². The Hall–Kier alpha value is -3.43. The van der Waals surface area contributed by atoms with E-state index in [4.69, 9.17) is 4.42 Å². The Bertz CT molecular complexity index is 850. The predicted octanol–water partition coefficient (Wildman–Crippen LogP) is 1.15. The minimum absolute atomic E-state index is 0.0937. The number of anilines is 2. The Morgan fingerprint density at radius 3 is 2.79 bits per heavy atom. The van der Waals surface area contributed by atoms with E-state index in [-0.39, 0.29) is 30.3 Å². The molecule has 0 unspecified atom stereocenters. The van der Waals surface area contributed by atoms with Crippen LogP contribution in [0.4, 0.5) is 16.6 Å². The number of aromatic nitrogens is 4. The zero-order valence-electron chi connectivity index (χ0n) is 13.1. The number of fused-ring (bicyclic) bond motifs is 1. The van der Waals surface area contributed by atoms with Gasteiger partial charge in [0.2, 0.25) is 5.91 Å². The molecule has 0 fully saturated rings. The smallest absolute Gasteiger partial charge is 0.322 e. The number of rotatable bonds is 4. The van der Waals surface area contributed by atoms with Gasteiger partial charge in [0, 0.05) is 14.1 Å². The lowest BCUT2D eigenvalue weighted by Gasteiger charge is -2.08. The summed E-state index contributed by atoms with van der Waals surface area (Å²) in [6.07, 6.45) is 1.45. The molecule has 0 bridgehead atoms. The number of oxazole rings is 1. The van der Waals surface area contributed by atoms with Gasteiger partial charge in [0.15, 0.2) is 11.4 Å². The van der Waals surface area contributed by atoms with Gasteiger partial charge in [0.1, 0.15) is 12.1 Å². The van der Waals surface area contributed by atoms with Gasteiger partial charge >= 0.3 is 12.0 Å². The van der Waals surface area contributed by atoms with Gasteiger partial charge in [-0.15, -0.1) is 5.10 Å². The Morgan fingerprint density at radius 1 is 1.25 bits per heavy atom. The zero-order chi connectivity index (χ0) is 17.1. The molecule has 2 aromatic heterocycles. The molecule has 1 aromatic carbocycles. The number of hydrogen-bond acceptors (Lipinski definition) is 6. The maximum atomic E-state index is 12.0. The van der Waals surface area contributed by atoms with Crippen molar-refractivity contribution in [3.63, 3.8) is 0 Å². The highest BCUT2D eigenvalue weighted by molar-refractivity contribution is 5.90. The van der Waals surface area contributed by atoms with E-state index in [9.17, 15) is 9.59 Å². The van der Waals surface area contributed by atoms with Gasteiger partial charge in [-0.1, -0.05) is 17.3 Å². The maximum Gasteiger partial charge on any atom is 0.322 e. The fraction of sp³-hybridized carbons (Fsp3) is 0.214. The average Bonchev–Trinajstić information content (AvgIpc) is 3.12. The summed E-state index contributed by atoms with van der Waals surface area (Å²) >= 11 is 0. The van der Waals surface area contributed by atoms with Crippen LogP contribution in [0.25, 0.3) is 11.1 Å². The first-order valence-electron chi connectivity index (χ1n) is 7.05. The number of hydrogen-bond donors (Lipinski definition) is 2. The Kier molecular flexibility index (Phi) is 4.10. The number of carbonyl (C=O) groups excluding carboxylic acids is 2. The minimum Gasteiger partial charge on any atom is -0.423 e. The van der Waals surface area contributed by atoms with Gasteiger partial charge in [-0.3, -0.25) is 15.4 Å². The molecule has 10 nitrogen and oxygen atoms in total. The van der Waals surface area contributed by atoms with Crippen molar-refractivity contribution >= 4 is 34.9 Å². The molecule has 2 heterocycles. The monoisotopic (exact) mass is 329 g/mol. The molecule has 10 heteroatoms. The van der Waals surface area contributed by atoms with Gasteiger partial charge in [0.25, 0.3) is 0 Å². The molecule has 0 spiro atoms. The minimum atomic E-state index is -0.378. The standard InChI is InChI=1S/C14H15N7O3/c1-20(2)14(23)16-11-7-21(19-18-11)8-12(22)17-13-15-9-5-3-4-6-10(9)24-13/h3-7H,8H2,1-2H3,(H,16,23)(H,15,17,22). The highest BCUT2D eigenvalue weighted by Gasteiger charge is 2.12. The molecule has 0 aliphatic heterocycles. The molecule has 0 atom stereocenters. The zero-order valence-corrected chi connectivity index (χ0v) is 13.1. The number of carbonyl (C=O) groups is 2. The van der Waals surface area contributed by atoms with Gasteiger partial charge < -0.3 is 9.32 Å². The van der Waals surface area contributed by atoms with Crippen molar-refractivity contribution in [2.45, 2.75) is 6.54 Å². The first kappa shape index (κ1) is 15.5. The molecule has 3 amide bonds. The van der Waals surface area contributed by atoms with Crippen LogP contribution in [0.3, 0.4) is 0 Å². The SMILES string of the molecule is CN(C)C(=O)Nc1cn(CC(=O)Nc2nc3ccccc3o2)nn1. The summed E-state index contributed by atoms with van der Waals surface area (Å²) in [6.45, 7) is -0.0937. The summed E-state index contributed by atoms with van der Waals surface area (Å²) in [7, 11) is 3.21. The molecule has 124 valence electrons. The van der Waals surface area contributed by atoms with Gasteiger partial charge in [-0.05, 0) is 12.1 Å². The lowest BCUT2D eigenvalue weighted by atomic mass is 10.3. The van der Waals surface area contributed by atoms with Crippen LogP contribution in [0.15, 0.2) is 34.9 Å².